The number of aromatic nitrogens is 3. The van der Waals surface area contributed by atoms with Crippen molar-refractivity contribution in [3.63, 3.8) is 0 Å². The van der Waals surface area contributed by atoms with Gasteiger partial charge in [0, 0.05) is 83.8 Å². The summed E-state index contributed by atoms with van der Waals surface area (Å²) in [6, 6.07) is 76.7. The van der Waals surface area contributed by atoms with Crippen molar-refractivity contribution >= 4 is 27.9 Å². The molecule has 10 aromatic rings. The molecule has 0 amide bonds. The molecule has 644 valence electrons. The highest BCUT2D eigenvalue weighted by molar-refractivity contribution is 5.93. The van der Waals surface area contributed by atoms with Gasteiger partial charge in [-0.3, -0.25) is 0 Å². The summed E-state index contributed by atoms with van der Waals surface area (Å²) in [6.45, 7) is 29.5. The highest BCUT2D eigenvalue weighted by Gasteiger charge is 2.47. The molecule has 0 saturated heterocycles. The monoisotopic (exact) mass is 1630 g/mol. The first-order chi connectivity index (χ1) is 60.3. The highest BCUT2D eigenvalue weighted by Crippen LogP contribution is 2.60. The fourth-order valence-corrected chi connectivity index (χ4v) is 24.7. The number of allylic oxidation sites excluding steroid dienone is 6. The van der Waals surface area contributed by atoms with E-state index in [0.29, 0.717) is 5.92 Å². The molecule has 3 heteroatoms. The molecule has 5 atom stereocenters. The topological polar surface area (TPSA) is 47.4 Å². The van der Waals surface area contributed by atoms with Crippen molar-refractivity contribution in [1.29, 1.82) is 0 Å². The van der Waals surface area contributed by atoms with E-state index in [0.717, 1.165) is 62.4 Å². The van der Waals surface area contributed by atoms with Gasteiger partial charge < -0.3 is 15.0 Å². The van der Waals surface area contributed by atoms with Gasteiger partial charge in [-0.15, -0.1) is 0 Å². The number of fused-ring (bicyclic) bond motifs is 18. The lowest BCUT2D eigenvalue weighted by atomic mass is 9.59. The van der Waals surface area contributed by atoms with E-state index in [1.807, 2.05) is 0 Å². The van der Waals surface area contributed by atoms with E-state index in [4.69, 9.17) is 0 Å². The van der Waals surface area contributed by atoms with Crippen molar-refractivity contribution in [1.82, 2.24) is 15.0 Å². The summed E-state index contributed by atoms with van der Waals surface area (Å²) in [7, 11) is 0. The summed E-state index contributed by atoms with van der Waals surface area (Å²) in [6.07, 6.45) is 52.0. The van der Waals surface area contributed by atoms with Gasteiger partial charge in [0.05, 0.1) is 0 Å². The molecule has 6 aliphatic rings. The normalized spacial score (nSPS) is 19.1. The van der Waals surface area contributed by atoms with E-state index >= 15 is 0 Å². The van der Waals surface area contributed by atoms with Crippen LogP contribution >= 0.6 is 0 Å². The Morgan fingerprint density at radius 1 is 0.390 bits per heavy atom. The zero-order valence-electron chi connectivity index (χ0n) is 77.9. The highest BCUT2D eigenvalue weighted by atomic mass is 14.8. The largest absolute Gasteiger partial charge is 0.355 e. The van der Waals surface area contributed by atoms with Crippen LogP contribution in [0.25, 0.3) is 50.1 Å². The quantitative estimate of drug-likeness (QED) is 0.0323. The zero-order chi connectivity index (χ0) is 85.2. The molecule has 7 aromatic carbocycles. The van der Waals surface area contributed by atoms with E-state index in [1.165, 1.54) is 314 Å². The van der Waals surface area contributed by atoms with Gasteiger partial charge in [-0.2, -0.15) is 0 Å². The molecule has 0 fully saturated rings. The summed E-state index contributed by atoms with van der Waals surface area (Å²) < 4.78 is 0. The number of rotatable bonds is 38. The first-order valence-corrected chi connectivity index (χ1v) is 50.3. The van der Waals surface area contributed by atoms with Crippen molar-refractivity contribution in [2.24, 2.45) is 17.3 Å². The van der Waals surface area contributed by atoms with Crippen LogP contribution in [0.5, 0.6) is 0 Å². The minimum Gasteiger partial charge on any atom is -0.355 e. The molecule has 3 N–H and O–H groups in total. The van der Waals surface area contributed by atoms with E-state index in [-0.39, 0.29) is 39.4 Å². The second kappa shape index (κ2) is 39.3. The van der Waals surface area contributed by atoms with Gasteiger partial charge in [0.25, 0.3) is 0 Å². The molecule has 0 spiro atoms. The van der Waals surface area contributed by atoms with Crippen LogP contribution < -0.4 is 10.7 Å². The SMILES string of the molecule is CCCCCCCCC1(CCCCCCCC)c2ccccc2-c2ccc(C3=C4C=CC(=C(c5ccc6c7c5C(CC)C=C(c5ccccc5)C(c5ccccc5C6(C)CC)C(CC)C7)c5ccc([nH]5)C(c5ccc6c(c5)C(CCCCCCCC)(CCCCCCCC)c5ccccc5-6)=c5ccc([nH]5)=C(C(C)(CC)CC)c5ccc3[nH]5)C(C)CC4)cc21. The fourth-order valence-electron chi connectivity index (χ4n) is 24.7. The second-order valence-corrected chi connectivity index (χ2v) is 39.4. The molecular formula is C120H149N3. The summed E-state index contributed by atoms with van der Waals surface area (Å²) in [5.41, 5.74) is 38.9. The minimum atomic E-state index is -0.226. The minimum absolute atomic E-state index is 0.0657. The van der Waals surface area contributed by atoms with Gasteiger partial charge >= 0.3 is 0 Å². The number of benzene rings is 7. The zero-order valence-corrected chi connectivity index (χ0v) is 77.9. The number of unbranched alkanes of at least 4 members (excludes halogenated alkanes) is 20. The van der Waals surface area contributed by atoms with Crippen LogP contribution in [-0.2, 0) is 22.7 Å². The number of hydrogen-bond acceptors (Lipinski definition) is 0. The predicted octanol–water partition coefficient (Wildman–Crippen LogP) is 33.1. The maximum atomic E-state index is 4.56. The molecule has 123 heavy (non-hydrogen) atoms. The molecular weight excluding hydrogens is 1480 g/mol. The molecule has 3 nitrogen and oxygen atoms in total. The molecule has 4 heterocycles. The molecule has 16 rings (SSSR count). The molecule has 0 saturated carbocycles. The van der Waals surface area contributed by atoms with Gasteiger partial charge in [-0.05, 0) is 248 Å². The molecule has 0 radical (unpaired) electrons. The van der Waals surface area contributed by atoms with Crippen LogP contribution in [0, 0.1) is 17.3 Å². The van der Waals surface area contributed by atoms with Gasteiger partial charge in [0.2, 0.25) is 0 Å². The molecule has 5 aliphatic carbocycles. The van der Waals surface area contributed by atoms with E-state index < -0.39 is 0 Å². The number of aromatic amines is 3. The third kappa shape index (κ3) is 16.9. The second-order valence-electron chi connectivity index (χ2n) is 39.4. The van der Waals surface area contributed by atoms with Crippen LogP contribution in [0.4, 0.5) is 0 Å². The van der Waals surface area contributed by atoms with Crippen molar-refractivity contribution in [3.8, 4) is 22.3 Å². The summed E-state index contributed by atoms with van der Waals surface area (Å²) in [4.78, 5) is 13.4. The predicted molar refractivity (Wildman–Crippen MR) is 529 cm³/mol. The van der Waals surface area contributed by atoms with Gasteiger partial charge in [-0.25, -0.2) is 0 Å². The van der Waals surface area contributed by atoms with E-state index in [1.54, 1.807) is 22.3 Å². The van der Waals surface area contributed by atoms with Gasteiger partial charge in [0.1, 0.15) is 0 Å². The number of hydrogen-bond donors (Lipinski definition) is 3. The Balaban J connectivity index is 0.980. The molecule has 3 aromatic heterocycles. The van der Waals surface area contributed by atoms with Crippen LogP contribution in [0.15, 0.2) is 217 Å². The van der Waals surface area contributed by atoms with Crippen LogP contribution in [0.2, 0.25) is 0 Å². The smallest absolute Gasteiger partial charge is 0.0485 e. The van der Waals surface area contributed by atoms with E-state index in [9.17, 15) is 0 Å². The van der Waals surface area contributed by atoms with Gasteiger partial charge in [-0.1, -0.05) is 401 Å². The average Bonchev–Trinajstić information content (AvgIpc) is 1.38. The maximum Gasteiger partial charge on any atom is 0.0485 e. The lowest BCUT2D eigenvalue weighted by Gasteiger charge is -2.44. The van der Waals surface area contributed by atoms with Crippen LogP contribution in [0.3, 0.4) is 0 Å². The average molecular weight is 1630 g/mol. The lowest BCUT2D eigenvalue weighted by Crippen LogP contribution is -2.34. The fraction of sp³-hybridized carbons (Fsp3) is 0.467. The summed E-state index contributed by atoms with van der Waals surface area (Å²) in [5.74, 6) is 0.965. The molecule has 10 bridgehead atoms. The lowest BCUT2D eigenvalue weighted by molar-refractivity contribution is 0.398. The van der Waals surface area contributed by atoms with Crippen molar-refractivity contribution < 1.29 is 0 Å². The van der Waals surface area contributed by atoms with Crippen LogP contribution in [0.1, 0.15) is 415 Å². The summed E-state index contributed by atoms with van der Waals surface area (Å²) >= 11 is 0. The van der Waals surface area contributed by atoms with Crippen molar-refractivity contribution in [2.45, 2.75) is 342 Å². The van der Waals surface area contributed by atoms with Crippen molar-refractivity contribution in [2.75, 3.05) is 0 Å². The van der Waals surface area contributed by atoms with Crippen molar-refractivity contribution in [3.05, 3.63) is 323 Å². The standard InChI is InChI=1S/C120H149N3/c1-13-22-26-30-34-47-75-119(76-48-35-31-27-23-14-2)101-57-45-41-53-91(101)93-65-62-88(81-103(93)119)111-87-60-59-83(10)90(64-61-87)115(96-67-68-100-98-80-85(18-6)112(95-55-43-44-56-99(95)118(100,12)21-9)97(79-84(17-5)113(96)98)86-51-39-38-40-52-86)108-70-69-106(121-108)114(107-72-74-110(123-107)116(117(11,19-7)20-8)109-73-71-105(111)122-109)89-63-66-94-92-54-42-46-58-102(92)120(104(94)82-89,77-49-36-32-28-24-15-3)78-50-37-33-29-25-16-4/h38-46,51-58,61-74,79,81-85,112,121-123H,13-37,47-50,59-60,75-78,80H2,1-12H3. The Bertz CT molecular complexity index is 5540. The third-order valence-electron chi connectivity index (χ3n) is 32.1. The Kier molecular flexibility index (Phi) is 28.0. The Morgan fingerprint density at radius 3 is 1.41 bits per heavy atom. The third-order valence-corrected chi connectivity index (χ3v) is 32.1. The Morgan fingerprint density at radius 2 is 0.862 bits per heavy atom. The first kappa shape index (κ1) is 87.6. The first-order valence-electron chi connectivity index (χ1n) is 50.3. The molecule has 1 aliphatic heterocycles. The Hall–Kier alpha value is -8.92. The maximum absolute atomic E-state index is 4.56. The van der Waals surface area contributed by atoms with Crippen LogP contribution in [-0.4, -0.2) is 15.0 Å². The number of H-pyrrole nitrogens is 3. The summed E-state index contributed by atoms with van der Waals surface area (Å²) in [5, 5.41) is 2.34. The number of nitrogens with one attached hydrogen (secondary N) is 3. The van der Waals surface area contributed by atoms with Gasteiger partial charge in [0.15, 0.2) is 0 Å². The van der Waals surface area contributed by atoms with E-state index in [2.05, 4.69) is 304 Å². The Labute approximate surface area is 742 Å². The molecule has 5 unspecified atom stereocenters.